The van der Waals surface area contributed by atoms with Gasteiger partial charge in [0.1, 0.15) is 0 Å². The number of nitrogens with one attached hydrogen (secondary N) is 2. The molecule has 1 heterocycles. The minimum atomic E-state index is -0.776. The Morgan fingerprint density at radius 1 is 1.41 bits per heavy atom. The molecule has 0 saturated carbocycles. The van der Waals surface area contributed by atoms with Crippen molar-refractivity contribution in [2.24, 2.45) is 5.92 Å². The van der Waals surface area contributed by atoms with Crippen LogP contribution >= 0.6 is 0 Å². The van der Waals surface area contributed by atoms with Gasteiger partial charge in [0.2, 0.25) is 5.91 Å². The lowest BCUT2D eigenvalue weighted by Gasteiger charge is -2.23. The summed E-state index contributed by atoms with van der Waals surface area (Å²) in [6, 6.07) is 0.0664. The van der Waals surface area contributed by atoms with Gasteiger partial charge in [-0.3, -0.25) is 9.59 Å². The van der Waals surface area contributed by atoms with Crippen molar-refractivity contribution in [1.29, 1.82) is 0 Å². The Morgan fingerprint density at radius 3 is 2.65 bits per heavy atom. The second kappa shape index (κ2) is 7.27. The van der Waals surface area contributed by atoms with Gasteiger partial charge in [-0.2, -0.15) is 0 Å². The molecule has 0 aromatic carbocycles. The van der Waals surface area contributed by atoms with E-state index < -0.39 is 5.97 Å². The molecule has 1 aliphatic rings. The number of carboxylic acid groups (broad SMARTS) is 1. The monoisotopic (exact) mass is 242 g/mol. The minimum Gasteiger partial charge on any atom is -0.481 e. The molecule has 98 valence electrons. The molecule has 3 N–H and O–H groups in total. The van der Waals surface area contributed by atoms with Gasteiger partial charge in [-0.15, -0.1) is 0 Å². The van der Waals surface area contributed by atoms with Gasteiger partial charge in [-0.05, 0) is 45.7 Å². The zero-order chi connectivity index (χ0) is 12.7. The largest absolute Gasteiger partial charge is 0.481 e. The molecule has 0 aromatic rings. The number of rotatable bonds is 6. The Bertz CT molecular complexity index is 262. The molecule has 1 aliphatic heterocycles. The Labute approximate surface area is 102 Å². The zero-order valence-corrected chi connectivity index (χ0v) is 10.4. The molecule has 1 amide bonds. The maximum atomic E-state index is 11.9. The van der Waals surface area contributed by atoms with Crippen molar-refractivity contribution in [3.05, 3.63) is 0 Å². The number of carbonyl (C=O) groups is 2. The summed E-state index contributed by atoms with van der Waals surface area (Å²) in [6.07, 6.45) is 3.31. The molecule has 5 nitrogen and oxygen atoms in total. The number of hydrogen-bond donors (Lipinski definition) is 3. The van der Waals surface area contributed by atoms with Gasteiger partial charge in [0.05, 0.1) is 0 Å². The van der Waals surface area contributed by atoms with E-state index in [1.54, 1.807) is 0 Å². The lowest BCUT2D eigenvalue weighted by molar-refractivity contribution is -0.137. The number of piperidine rings is 1. The van der Waals surface area contributed by atoms with Crippen LogP contribution in [0.2, 0.25) is 0 Å². The van der Waals surface area contributed by atoms with Crippen molar-refractivity contribution in [3.63, 3.8) is 0 Å². The summed E-state index contributed by atoms with van der Waals surface area (Å²) in [5.74, 6) is -0.533. The topological polar surface area (TPSA) is 78.4 Å². The molecular formula is C12H22N2O3. The van der Waals surface area contributed by atoms with Crippen LogP contribution in [0.5, 0.6) is 0 Å². The van der Waals surface area contributed by atoms with E-state index in [0.717, 1.165) is 32.4 Å². The molecule has 1 unspecified atom stereocenters. The highest BCUT2D eigenvalue weighted by Crippen LogP contribution is 2.12. The predicted octanol–water partition coefficient (Wildman–Crippen LogP) is 0.746. The Kier molecular flexibility index (Phi) is 5.97. The molecule has 1 fully saturated rings. The lowest BCUT2D eigenvalue weighted by atomic mass is 9.96. The van der Waals surface area contributed by atoms with Crippen LogP contribution in [0.1, 0.15) is 39.0 Å². The summed E-state index contributed by atoms with van der Waals surface area (Å²) < 4.78 is 0. The van der Waals surface area contributed by atoms with Crippen LogP contribution in [-0.2, 0) is 9.59 Å². The Hall–Kier alpha value is -1.10. The van der Waals surface area contributed by atoms with Crippen LogP contribution in [0.3, 0.4) is 0 Å². The molecule has 17 heavy (non-hydrogen) atoms. The summed E-state index contributed by atoms with van der Waals surface area (Å²) in [7, 11) is 0. The fourth-order valence-corrected chi connectivity index (χ4v) is 2.08. The first-order valence-electron chi connectivity index (χ1n) is 6.32. The van der Waals surface area contributed by atoms with E-state index in [0.29, 0.717) is 6.42 Å². The van der Waals surface area contributed by atoms with Gasteiger partial charge < -0.3 is 15.7 Å². The van der Waals surface area contributed by atoms with Crippen molar-refractivity contribution in [2.75, 3.05) is 13.1 Å². The highest BCUT2D eigenvalue weighted by molar-refractivity contribution is 5.79. The summed E-state index contributed by atoms with van der Waals surface area (Å²) in [4.78, 5) is 22.2. The highest BCUT2D eigenvalue weighted by atomic mass is 16.4. The van der Waals surface area contributed by atoms with Crippen LogP contribution in [0, 0.1) is 5.92 Å². The lowest BCUT2D eigenvalue weighted by Crippen LogP contribution is -2.41. The quantitative estimate of drug-likeness (QED) is 0.642. The van der Waals surface area contributed by atoms with Crippen LogP contribution in [-0.4, -0.2) is 36.1 Å². The summed E-state index contributed by atoms with van der Waals surface area (Å²) in [5, 5.41) is 14.7. The van der Waals surface area contributed by atoms with Crippen molar-refractivity contribution in [1.82, 2.24) is 10.6 Å². The average molecular weight is 242 g/mol. The van der Waals surface area contributed by atoms with Crippen LogP contribution in [0.15, 0.2) is 0 Å². The SMILES string of the molecule is CC(CCCC(=O)O)NC(=O)C1CCNCC1. The summed E-state index contributed by atoms with van der Waals surface area (Å²) in [5.41, 5.74) is 0. The van der Waals surface area contributed by atoms with Gasteiger partial charge in [0.25, 0.3) is 0 Å². The van der Waals surface area contributed by atoms with E-state index in [-0.39, 0.29) is 24.3 Å². The summed E-state index contributed by atoms with van der Waals surface area (Å²) >= 11 is 0. The molecule has 0 spiro atoms. The van der Waals surface area contributed by atoms with Gasteiger partial charge in [0, 0.05) is 18.4 Å². The third-order valence-corrected chi connectivity index (χ3v) is 3.13. The van der Waals surface area contributed by atoms with Crippen LogP contribution in [0.4, 0.5) is 0 Å². The number of hydrogen-bond acceptors (Lipinski definition) is 3. The first-order chi connectivity index (χ1) is 8.09. The van der Waals surface area contributed by atoms with Gasteiger partial charge in [-0.1, -0.05) is 0 Å². The standard InChI is InChI=1S/C12H22N2O3/c1-9(3-2-4-11(15)16)14-12(17)10-5-7-13-8-6-10/h9-10,13H,2-8H2,1H3,(H,14,17)(H,15,16). The van der Waals surface area contributed by atoms with Gasteiger partial charge in [0.15, 0.2) is 0 Å². The van der Waals surface area contributed by atoms with Crippen LogP contribution in [0.25, 0.3) is 0 Å². The molecule has 0 aliphatic carbocycles. The van der Waals surface area contributed by atoms with E-state index in [1.807, 2.05) is 6.92 Å². The molecule has 5 heteroatoms. The Morgan fingerprint density at radius 2 is 2.06 bits per heavy atom. The smallest absolute Gasteiger partial charge is 0.303 e. The highest BCUT2D eigenvalue weighted by Gasteiger charge is 2.21. The second-order valence-corrected chi connectivity index (χ2v) is 4.72. The molecule has 1 atom stereocenters. The first kappa shape index (κ1) is 14.0. The third-order valence-electron chi connectivity index (χ3n) is 3.13. The van der Waals surface area contributed by atoms with E-state index >= 15 is 0 Å². The Balaban J connectivity index is 2.18. The minimum absolute atomic E-state index is 0.0664. The zero-order valence-electron chi connectivity index (χ0n) is 10.4. The molecule has 0 radical (unpaired) electrons. The second-order valence-electron chi connectivity index (χ2n) is 4.72. The van der Waals surface area contributed by atoms with Crippen molar-refractivity contribution >= 4 is 11.9 Å². The maximum absolute atomic E-state index is 11.9. The molecular weight excluding hydrogens is 220 g/mol. The maximum Gasteiger partial charge on any atom is 0.303 e. The van der Waals surface area contributed by atoms with Crippen LogP contribution < -0.4 is 10.6 Å². The fraction of sp³-hybridized carbons (Fsp3) is 0.833. The first-order valence-corrected chi connectivity index (χ1v) is 6.32. The van der Waals surface area contributed by atoms with Gasteiger partial charge in [-0.25, -0.2) is 0 Å². The number of aliphatic carboxylic acids is 1. The number of carbonyl (C=O) groups excluding carboxylic acids is 1. The van der Waals surface area contributed by atoms with E-state index in [4.69, 9.17) is 5.11 Å². The number of amides is 1. The van der Waals surface area contributed by atoms with E-state index in [1.165, 1.54) is 0 Å². The predicted molar refractivity (Wildman–Crippen MR) is 64.7 cm³/mol. The van der Waals surface area contributed by atoms with Gasteiger partial charge >= 0.3 is 5.97 Å². The third kappa shape index (κ3) is 5.68. The average Bonchev–Trinajstić information content (AvgIpc) is 2.29. The van der Waals surface area contributed by atoms with E-state index in [9.17, 15) is 9.59 Å². The molecule has 1 rings (SSSR count). The van der Waals surface area contributed by atoms with Crippen molar-refractivity contribution in [3.8, 4) is 0 Å². The van der Waals surface area contributed by atoms with Crippen molar-refractivity contribution < 1.29 is 14.7 Å². The number of carboxylic acids is 1. The summed E-state index contributed by atoms with van der Waals surface area (Å²) in [6.45, 7) is 3.75. The molecule has 0 bridgehead atoms. The fourth-order valence-electron chi connectivity index (χ4n) is 2.08. The normalized spacial score (nSPS) is 18.6. The van der Waals surface area contributed by atoms with E-state index in [2.05, 4.69) is 10.6 Å². The van der Waals surface area contributed by atoms with Crippen molar-refractivity contribution in [2.45, 2.75) is 45.1 Å². The molecule has 0 aromatic heterocycles. The molecule has 1 saturated heterocycles.